The Morgan fingerprint density at radius 3 is 2.30 bits per heavy atom. The fourth-order valence-corrected chi connectivity index (χ4v) is 4.33. The van der Waals surface area contributed by atoms with E-state index in [0.717, 1.165) is 22.2 Å². The van der Waals surface area contributed by atoms with E-state index in [9.17, 15) is 19.8 Å². The first-order chi connectivity index (χ1) is 17.6. The Bertz CT molecular complexity index is 1220. The van der Waals surface area contributed by atoms with E-state index in [0.29, 0.717) is 25.1 Å². The Morgan fingerprint density at radius 1 is 1.14 bits per heavy atom. The number of hydrogen-bond acceptors (Lipinski definition) is 5. The van der Waals surface area contributed by atoms with Gasteiger partial charge in [-0.05, 0) is 23.8 Å². The number of pyridine rings is 1. The average Bonchev–Trinajstić information content (AvgIpc) is 3.28. The van der Waals surface area contributed by atoms with Gasteiger partial charge in [0.25, 0.3) is 0 Å². The van der Waals surface area contributed by atoms with Gasteiger partial charge in [0.2, 0.25) is 0 Å². The van der Waals surface area contributed by atoms with Gasteiger partial charge >= 0.3 is 5.97 Å². The van der Waals surface area contributed by atoms with E-state index < -0.39 is 17.5 Å². The van der Waals surface area contributed by atoms with E-state index in [4.69, 9.17) is 10.2 Å². The molecular weight excluding hydrogens is 470 g/mol. The molecule has 8 heteroatoms. The van der Waals surface area contributed by atoms with Crippen molar-refractivity contribution >= 4 is 16.9 Å². The summed E-state index contributed by atoms with van der Waals surface area (Å²) in [6.07, 6.45) is 1.65. The highest BCUT2D eigenvalue weighted by Gasteiger charge is 2.35. The van der Waals surface area contributed by atoms with E-state index in [1.807, 2.05) is 69.0 Å². The maximum atomic E-state index is 12.6. The van der Waals surface area contributed by atoms with Crippen molar-refractivity contribution in [2.24, 2.45) is 5.41 Å². The van der Waals surface area contributed by atoms with Crippen molar-refractivity contribution in [1.82, 2.24) is 14.3 Å². The van der Waals surface area contributed by atoms with Crippen LogP contribution in [0.5, 0.6) is 0 Å². The summed E-state index contributed by atoms with van der Waals surface area (Å²) >= 11 is 0. The Kier molecular flexibility index (Phi) is 12.2. The smallest absolute Gasteiger partial charge is 0.341 e. The van der Waals surface area contributed by atoms with Crippen molar-refractivity contribution in [3.63, 3.8) is 0 Å². The molecule has 0 bridgehead atoms. The number of fused-ring (bicyclic) bond motifs is 5. The molecule has 3 N–H and O–H groups in total. The van der Waals surface area contributed by atoms with Gasteiger partial charge in [0.15, 0.2) is 5.43 Å². The van der Waals surface area contributed by atoms with Gasteiger partial charge in [-0.15, -0.1) is 0 Å². The van der Waals surface area contributed by atoms with Crippen molar-refractivity contribution in [2.45, 2.75) is 93.8 Å². The zero-order chi connectivity index (χ0) is 28.5. The number of carbonyl (C=O) groups is 1. The minimum absolute atomic E-state index is 0.0947. The molecule has 2 aromatic heterocycles. The van der Waals surface area contributed by atoms with Gasteiger partial charge in [0.1, 0.15) is 5.56 Å². The molecule has 3 heterocycles. The largest absolute Gasteiger partial charge is 0.477 e. The molecule has 4 rings (SSSR count). The van der Waals surface area contributed by atoms with Crippen LogP contribution in [0.1, 0.15) is 90.7 Å². The number of nitrogens with zero attached hydrogens (tertiary/aromatic N) is 3. The monoisotopic (exact) mass is 515 g/mol. The van der Waals surface area contributed by atoms with Crippen molar-refractivity contribution in [3.8, 4) is 11.4 Å². The highest BCUT2D eigenvalue weighted by atomic mass is 16.4. The Hall–Kier alpha value is -2.97. The molecule has 0 spiro atoms. The molecule has 0 saturated carbocycles. The second kappa shape index (κ2) is 14.1. The summed E-state index contributed by atoms with van der Waals surface area (Å²) in [5, 5.41) is 34.1. The zero-order valence-corrected chi connectivity index (χ0v) is 23.9. The number of rotatable bonds is 5. The lowest BCUT2D eigenvalue weighted by molar-refractivity contribution is 0.0693. The number of aliphatic hydroxyl groups excluding tert-OH is 2. The molecule has 0 aliphatic carbocycles. The van der Waals surface area contributed by atoms with Crippen LogP contribution >= 0.6 is 0 Å². The number of aryl methyl sites for hydroxylation is 1. The van der Waals surface area contributed by atoms with Crippen LogP contribution in [0.3, 0.4) is 0 Å². The summed E-state index contributed by atoms with van der Waals surface area (Å²) in [5.74, 6) is -1.23. The number of benzene rings is 1. The van der Waals surface area contributed by atoms with E-state index in [1.54, 1.807) is 0 Å². The third kappa shape index (κ3) is 6.87. The first kappa shape index (κ1) is 32.1. The van der Waals surface area contributed by atoms with E-state index in [1.165, 1.54) is 12.3 Å². The summed E-state index contributed by atoms with van der Waals surface area (Å²) in [5.41, 5.74) is 2.20. The highest BCUT2D eigenvalue weighted by Crippen LogP contribution is 2.42. The molecule has 1 aliphatic heterocycles. The molecular formula is C29H45N3O5. The summed E-state index contributed by atoms with van der Waals surface area (Å²) < 4.78 is 3.81. The number of aromatic carboxylic acids is 1. The summed E-state index contributed by atoms with van der Waals surface area (Å²) in [4.78, 5) is 24.2. The van der Waals surface area contributed by atoms with Crippen LogP contribution in [0.15, 0.2) is 35.3 Å². The first-order valence-corrected chi connectivity index (χ1v) is 13.4. The van der Waals surface area contributed by atoms with Crippen molar-refractivity contribution in [1.29, 1.82) is 0 Å². The third-order valence-electron chi connectivity index (χ3n) is 6.05. The van der Waals surface area contributed by atoms with Crippen molar-refractivity contribution in [2.75, 3.05) is 6.61 Å². The van der Waals surface area contributed by atoms with Gasteiger partial charge in [-0.1, -0.05) is 80.5 Å². The number of carboxylic acids is 1. The summed E-state index contributed by atoms with van der Waals surface area (Å²) in [7, 11) is 0. The molecule has 3 aromatic rings. The number of carboxylic acid groups (broad SMARTS) is 1. The average molecular weight is 516 g/mol. The van der Waals surface area contributed by atoms with E-state index >= 15 is 0 Å². The quantitative estimate of drug-likeness (QED) is 0.411. The van der Waals surface area contributed by atoms with Crippen LogP contribution in [0.4, 0.5) is 0 Å². The molecule has 2 unspecified atom stereocenters. The third-order valence-corrected chi connectivity index (χ3v) is 6.05. The Labute approximate surface area is 220 Å². The maximum Gasteiger partial charge on any atom is 0.341 e. The van der Waals surface area contributed by atoms with Gasteiger partial charge in [-0.25, -0.2) is 4.79 Å². The molecule has 37 heavy (non-hydrogen) atoms. The molecule has 0 radical (unpaired) electrons. The standard InChI is InChI=1S/C23H27N3O5.3C2H6/c1-23(2,3)19-11-26-21(17-9-18(29)16(22(30)31)10-25(17)19)15-6-4-5-13(20(15)24-26)7-8-14(28)12-27;3*1-2/h4-6,9-10,14,19,27-28H,7-8,11-12H2,1-3H3,(H,30,31);3*1-2H3. The number of aliphatic hydroxyl groups is 2. The molecule has 206 valence electrons. The second-order valence-electron chi connectivity index (χ2n) is 9.25. The fourth-order valence-electron chi connectivity index (χ4n) is 4.33. The minimum Gasteiger partial charge on any atom is -0.477 e. The summed E-state index contributed by atoms with van der Waals surface area (Å²) in [6.45, 7) is 18.5. The molecule has 1 aromatic carbocycles. The maximum absolute atomic E-state index is 12.6. The SMILES string of the molecule is CC.CC.CC.CC(C)(C)C1Cn2nc3c(CCC(O)CO)cccc3c2-c2cc(=O)c(C(=O)O)cn21. The molecule has 0 fully saturated rings. The number of hydrogen-bond donors (Lipinski definition) is 3. The predicted octanol–water partition coefficient (Wildman–Crippen LogP) is 5.53. The zero-order valence-electron chi connectivity index (χ0n) is 23.9. The Balaban J connectivity index is 0.00000106. The van der Waals surface area contributed by atoms with Crippen LogP contribution in [0.25, 0.3) is 22.3 Å². The Morgan fingerprint density at radius 2 is 1.76 bits per heavy atom. The van der Waals surface area contributed by atoms with Crippen LogP contribution < -0.4 is 5.43 Å². The van der Waals surface area contributed by atoms with Crippen molar-refractivity contribution in [3.05, 3.63) is 51.8 Å². The lowest BCUT2D eigenvalue weighted by Gasteiger charge is -2.38. The summed E-state index contributed by atoms with van der Waals surface area (Å²) in [6, 6.07) is 7.11. The topological polar surface area (TPSA) is 118 Å². The van der Waals surface area contributed by atoms with Crippen molar-refractivity contribution < 1.29 is 20.1 Å². The van der Waals surface area contributed by atoms with Crippen LogP contribution in [0.2, 0.25) is 0 Å². The molecule has 0 amide bonds. The molecule has 2 atom stereocenters. The molecule has 0 saturated heterocycles. The highest BCUT2D eigenvalue weighted by molar-refractivity contribution is 5.95. The minimum atomic E-state index is -1.23. The number of aromatic nitrogens is 3. The molecule has 8 nitrogen and oxygen atoms in total. The lowest BCUT2D eigenvalue weighted by Crippen LogP contribution is -2.35. The van der Waals surface area contributed by atoms with Crippen LogP contribution in [-0.2, 0) is 13.0 Å². The fraction of sp³-hybridized carbons (Fsp3) is 0.552. The van der Waals surface area contributed by atoms with Gasteiger partial charge in [0.05, 0.1) is 42.2 Å². The van der Waals surface area contributed by atoms with Gasteiger partial charge < -0.3 is 19.9 Å². The van der Waals surface area contributed by atoms with Crippen LogP contribution in [-0.4, -0.2) is 48.3 Å². The van der Waals surface area contributed by atoms with Gasteiger partial charge in [0, 0.05) is 17.6 Å². The predicted molar refractivity (Wildman–Crippen MR) is 150 cm³/mol. The van der Waals surface area contributed by atoms with Gasteiger partial charge in [-0.2, -0.15) is 5.10 Å². The first-order valence-electron chi connectivity index (χ1n) is 13.4. The van der Waals surface area contributed by atoms with Gasteiger partial charge in [-0.3, -0.25) is 9.48 Å². The van der Waals surface area contributed by atoms with Crippen LogP contribution in [0, 0.1) is 5.41 Å². The second-order valence-corrected chi connectivity index (χ2v) is 9.25. The normalized spacial score (nSPS) is 14.5. The van der Waals surface area contributed by atoms with E-state index in [2.05, 4.69) is 20.8 Å². The molecule has 1 aliphatic rings. The van der Waals surface area contributed by atoms with E-state index in [-0.39, 0.29) is 23.6 Å². The lowest BCUT2D eigenvalue weighted by atomic mass is 9.85.